The molecule has 96 valence electrons. The second kappa shape index (κ2) is 4.16. The lowest BCUT2D eigenvalue weighted by Gasteiger charge is -2.20. The maximum atomic E-state index is 12.3. The summed E-state index contributed by atoms with van der Waals surface area (Å²) < 4.78 is 1.80. The maximum Gasteiger partial charge on any atom is 0.267 e. The summed E-state index contributed by atoms with van der Waals surface area (Å²) in [6.07, 6.45) is 0. The van der Waals surface area contributed by atoms with Gasteiger partial charge < -0.3 is 5.73 Å². The van der Waals surface area contributed by atoms with Crippen molar-refractivity contribution in [1.29, 1.82) is 0 Å². The summed E-state index contributed by atoms with van der Waals surface area (Å²) in [6, 6.07) is 6.99. The van der Waals surface area contributed by atoms with E-state index in [0.29, 0.717) is 5.56 Å². The predicted octanol–water partition coefficient (Wildman–Crippen LogP) is 0.999. The zero-order valence-electron chi connectivity index (χ0n) is 9.50. The molecule has 1 unspecified atom stereocenters. The Bertz CT molecular complexity index is 696. The number of aromatic nitrogens is 3. The van der Waals surface area contributed by atoms with Gasteiger partial charge in [-0.25, -0.2) is 0 Å². The van der Waals surface area contributed by atoms with E-state index in [0.717, 1.165) is 9.15 Å². The fourth-order valence-electron chi connectivity index (χ4n) is 1.96. The Morgan fingerprint density at radius 1 is 1.37 bits per heavy atom. The van der Waals surface area contributed by atoms with Crippen molar-refractivity contribution >= 4 is 39.6 Å². The molecule has 0 fully saturated rings. The van der Waals surface area contributed by atoms with Crippen LogP contribution in [0.5, 0.6) is 0 Å². The quantitative estimate of drug-likeness (QED) is 0.763. The summed E-state index contributed by atoms with van der Waals surface area (Å²) in [7, 11) is 0. The average Bonchev–Trinajstić information content (AvgIpc) is 2.70. The Hall–Kier alpha value is -2.22. The van der Waals surface area contributed by atoms with Crippen LogP contribution in [0.25, 0.3) is 0 Å². The summed E-state index contributed by atoms with van der Waals surface area (Å²) in [5, 5.41) is 6.29. The molecule has 0 saturated carbocycles. The molecule has 2 aromatic rings. The van der Waals surface area contributed by atoms with E-state index in [1.54, 1.807) is 18.2 Å². The van der Waals surface area contributed by atoms with Crippen molar-refractivity contribution in [2.24, 2.45) is 0 Å². The van der Waals surface area contributed by atoms with Crippen LogP contribution >= 0.6 is 15.9 Å². The second-order valence-corrected chi connectivity index (χ2v) is 4.94. The Morgan fingerprint density at radius 3 is 2.89 bits per heavy atom. The van der Waals surface area contributed by atoms with Crippen molar-refractivity contribution in [2.45, 2.75) is 5.92 Å². The van der Waals surface area contributed by atoms with E-state index in [2.05, 4.69) is 31.3 Å². The van der Waals surface area contributed by atoms with Crippen molar-refractivity contribution in [1.82, 2.24) is 14.8 Å². The number of rotatable bonds is 1. The molecule has 7 nitrogen and oxygen atoms in total. The summed E-state index contributed by atoms with van der Waals surface area (Å²) in [6.45, 7) is 0. The van der Waals surface area contributed by atoms with Gasteiger partial charge in [0, 0.05) is 4.47 Å². The minimum absolute atomic E-state index is 0.0544. The fourth-order valence-corrected chi connectivity index (χ4v) is 2.38. The van der Waals surface area contributed by atoms with Gasteiger partial charge in [-0.3, -0.25) is 14.9 Å². The van der Waals surface area contributed by atoms with Gasteiger partial charge in [-0.1, -0.05) is 28.1 Å². The topological polar surface area (TPSA) is 103 Å². The molecule has 0 saturated heterocycles. The summed E-state index contributed by atoms with van der Waals surface area (Å²) >= 11 is 3.31. The molecule has 3 rings (SSSR count). The van der Waals surface area contributed by atoms with E-state index in [1.807, 2.05) is 6.07 Å². The standard InChI is InChI=1S/C11H8BrN5O2/c12-6-3-1-2-5(4-6)7-8(18)14-11-15-10(13)16-17(11)9(7)19/h1-4,7H,(H3,13,14,15,16,18). The lowest BCUT2D eigenvalue weighted by atomic mass is 9.96. The number of carbonyl (C=O) groups excluding carboxylic acids is 2. The largest absolute Gasteiger partial charge is 0.366 e. The molecular weight excluding hydrogens is 314 g/mol. The Morgan fingerprint density at radius 2 is 2.16 bits per heavy atom. The molecule has 0 spiro atoms. The van der Waals surface area contributed by atoms with Gasteiger partial charge in [0.2, 0.25) is 17.8 Å². The van der Waals surface area contributed by atoms with Crippen LogP contribution in [-0.2, 0) is 4.79 Å². The highest BCUT2D eigenvalue weighted by Gasteiger charge is 2.37. The highest BCUT2D eigenvalue weighted by Crippen LogP contribution is 2.27. The molecule has 19 heavy (non-hydrogen) atoms. The van der Waals surface area contributed by atoms with Gasteiger partial charge in [0.05, 0.1) is 0 Å². The molecule has 3 N–H and O–H groups in total. The van der Waals surface area contributed by atoms with Crippen LogP contribution in [0.2, 0.25) is 0 Å². The molecule has 1 atom stereocenters. The number of carbonyl (C=O) groups is 2. The van der Waals surface area contributed by atoms with Crippen molar-refractivity contribution in [3.8, 4) is 0 Å². The van der Waals surface area contributed by atoms with Crippen molar-refractivity contribution < 1.29 is 9.59 Å². The van der Waals surface area contributed by atoms with E-state index in [-0.39, 0.29) is 11.9 Å². The summed E-state index contributed by atoms with van der Waals surface area (Å²) in [4.78, 5) is 28.1. The number of nitrogen functional groups attached to an aromatic ring is 1. The number of halogens is 1. The molecule has 1 aliphatic heterocycles. The molecule has 1 aromatic carbocycles. The number of fused-ring (bicyclic) bond motifs is 1. The van der Waals surface area contributed by atoms with Gasteiger partial charge in [-0.15, -0.1) is 5.10 Å². The monoisotopic (exact) mass is 321 g/mol. The van der Waals surface area contributed by atoms with E-state index >= 15 is 0 Å². The molecule has 2 heterocycles. The van der Waals surface area contributed by atoms with Gasteiger partial charge in [0.1, 0.15) is 5.92 Å². The van der Waals surface area contributed by atoms with Gasteiger partial charge in [-0.05, 0) is 17.7 Å². The van der Waals surface area contributed by atoms with Crippen LogP contribution in [0.3, 0.4) is 0 Å². The number of amides is 1. The number of nitrogens with zero attached hydrogens (tertiary/aromatic N) is 3. The Balaban J connectivity index is 2.09. The molecule has 0 radical (unpaired) electrons. The zero-order valence-corrected chi connectivity index (χ0v) is 11.1. The molecule has 0 bridgehead atoms. The zero-order chi connectivity index (χ0) is 13.6. The lowest BCUT2D eigenvalue weighted by molar-refractivity contribution is -0.117. The SMILES string of the molecule is Nc1nc2n(n1)C(=O)C(c1cccc(Br)c1)C(=O)N2. The first-order valence-electron chi connectivity index (χ1n) is 5.39. The maximum absolute atomic E-state index is 12.3. The third kappa shape index (κ3) is 1.89. The number of hydrogen-bond acceptors (Lipinski definition) is 5. The minimum atomic E-state index is -0.953. The molecule has 1 aromatic heterocycles. The Kier molecular flexibility index (Phi) is 2.59. The highest BCUT2D eigenvalue weighted by molar-refractivity contribution is 9.10. The van der Waals surface area contributed by atoms with E-state index in [1.165, 1.54) is 0 Å². The van der Waals surface area contributed by atoms with Gasteiger partial charge >= 0.3 is 0 Å². The fraction of sp³-hybridized carbons (Fsp3) is 0.0909. The number of nitrogens with one attached hydrogen (secondary N) is 1. The van der Waals surface area contributed by atoms with Crippen LogP contribution in [0.15, 0.2) is 28.7 Å². The van der Waals surface area contributed by atoms with Gasteiger partial charge in [0.15, 0.2) is 0 Å². The first-order valence-corrected chi connectivity index (χ1v) is 6.18. The van der Waals surface area contributed by atoms with E-state index < -0.39 is 17.7 Å². The van der Waals surface area contributed by atoms with E-state index in [4.69, 9.17) is 5.73 Å². The first-order chi connectivity index (χ1) is 9.06. The molecule has 0 aliphatic carbocycles. The van der Waals surface area contributed by atoms with Gasteiger partial charge in [-0.2, -0.15) is 9.67 Å². The summed E-state index contributed by atoms with van der Waals surface area (Å²) in [5.41, 5.74) is 6.00. The molecule has 8 heteroatoms. The van der Waals surface area contributed by atoms with E-state index in [9.17, 15) is 9.59 Å². The number of benzene rings is 1. The average molecular weight is 322 g/mol. The number of hydrogen-bond donors (Lipinski definition) is 2. The third-order valence-corrected chi connectivity index (χ3v) is 3.25. The first kappa shape index (κ1) is 11.8. The molecule has 1 amide bonds. The minimum Gasteiger partial charge on any atom is -0.366 e. The third-order valence-electron chi connectivity index (χ3n) is 2.76. The highest BCUT2D eigenvalue weighted by atomic mass is 79.9. The van der Waals surface area contributed by atoms with Crippen LogP contribution < -0.4 is 11.1 Å². The lowest BCUT2D eigenvalue weighted by Crippen LogP contribution is -2.38. The van der Waals surface area contributed by atoms with Crippen LogP contribution in [0.4, 0.5) is 11.9 Å². The number of nitrogens with two attached hydrogens (primary N) is 1. The van der Waals surface area contributed by atoms with Crippen molar-refractivity contribution in [3.63, 3.8) is 0 Å². The van der Waals surface area contributed by atoms with Crippen LogP contribution in [-0.4, -0.2) is 26.6 Å². The van der Waals surface area contributed by atoms with Crippen molar-refractivity contribution in [3.05, 3.63) is 34.3 Å². The van der Waals surface area contributed by atoms with Gasteiger partial charge in [0.25, 0.3) is 5.91 Å². The summed E-state index contributed by atoms with van der Waals surface area (Å²) in [5.74, 6) is -1.87. The second-order valence-electron chi connectivity index (χ2n) is 4.02. The Labute approximate surface area is 115 Å². The predicted molar refractivity (Wildman–Crippen MR) is 70.6 cm³/mol. The van der Waals surface area contributed by atoms with Crippen molar-refractivity contribution in [2.75, 3.05) is 11.1 Å². The smallest absolute Gasteiger partial charge is 0.267 e. The molecule has 1 aliphatic rings. The van der Waals surface area contributed by atoms with Crippen LogP contribution in [0, 0.1) is 0 Å². The molecular formula is C11H8BrN5O2. The normalized spacial score (nSPS) is 18.1. The number of anilines is 2. The van der Waals surface area contributed by atoms with Crippen LogP contribution in [0.1, 0.15) is 16.3 Å².